The number of ketones is 1. The molecule has 1 unspecified atom stereocenters. The molecular formula is C9H14N4O2. The van der Waals surface area contributed by atoms with Crippen LogP contribution in [0.15, 0.2) is 6.33 Å². The van der Waals surface area contributed by atoms with Gasteiger partial charge in [0.1, 0.15) is 17.9 Å². The van der Waals surface area contributed by atoms with Crippen LogP contribution in [0.5, 0.6) is 0 Å². The summed E-state index contributed by atoms with van der Waals surface area (Å²) in [5, 5.41) is 9.06. The second kappa shape index (κ2) is 5.23. The number of Topliss-reactive ketones (excluding diaryl/α,β-unsaturated/α-hetero) is 1. The fraction of sp³-hybridized carbons (Fsp3) is 0.556. The van der Waals surface area contributed by atoms with Crippen LogP contribution in [0.2, 0.25) is 0 Å². The molecule has 0 fully saturated rings. The van der Waals surface area contributed by atoms with Gasteiger partial charge in [-0.1, -0.05) is 0 Å². The Hall–Kier alpha value is -1.72. The molecule has 1 aromatic rings. The first-order valence-corrected chi connectivity index (χ1v) is 4.73. The first-order valence-electron chi connectivity index (χ1n) is 4.73. The number of carbonyl (C=O) groups excluding carboxylic acids is 2. The Bertz CT molecular complexity index is 334. The number of hydrogen-bond acceptors (Lipinski definition) is 4. The number of amides is 1. The van der Waals surface area contributed by atoms with Gasteiger partial charge in [0.25, 0.3) is 0 Å². The standard InChI is InChI=1S/C9H14N4O2/c1-6(14)3-4-8(15)12-7(2)9-10-5-11-13-9/h5,7H,3-4H2,1-2H3,(H,12,15)(H,10,11,13). The molecule has 1 heterocycles. The van der Waals surface area contributed by atoms with Crippen LogP contribution in [0, 0.1) is 0 Å². The van der Waals surface area contributed by atoms with Crippen molar-refractivity contribution in [2.24, 2.45) is 0 Å². The van der Waals surface area contributed by atoms with Crippen molar-refractivity contribution in [1.29, 1.82) is 0 Å². The van der Waals surface area contributed by atoms with Crippen LogP contribution < -0.4 is 5.32 Å². The zero-order valence-electron chi connectivity index (χ0n) is 8.78. The van der Waals surface area contributed by atoms with Crippen LogP contribution >= 0.6 is 0 Å². The van der Waals surface area contributed by atoms with Crippen LogP contribution in [0.3, 0.4) is 0 Å². The molecule has 0 bridgehead atoms. The summed E-state index contributed by atoms with van der Waals surface area (Å²) in [5.41, 5.74) is 0. The average molecular weight is 210 g/mol. The molecule has 1 rings (SSSR count). The van der Waals surface area contributed by atoms with E-state index in [2.05, 4.69) is 20.5 Å². The summed E-state index contributed by atoms with van der Waals surface area (Å²) in [6.45, 7) is 3.26. The van der Waals surface area contributed by atoms with Gasteiger partial charge in [-0.2, -0.15) is 5.10 Å². The summed E-state index contributed by atoms with van der Waals surface area (Å²) in [7, 11) is 0. The molecule has 0 aliphatic carbocycles. The smallest absolute Gasteiger partial charge is 0.221 e. The Balaban J connectivity index is 2.35. The number of aromatic amines is 1. The summed E-state index contributed by atoms with van der Waals surface area (Å²) in [5.74, 6) is 0.456. The molecule has 2 N–H and O–H groups in total. The van der Waals surface area contributed by atoms with E-state index in [-0.39, 0.29) is 30.6 Å². The van der Waals surface area contributed by atoms with Gasteiger partial charge >= 0.3 is 0 Å². The first kappa shape index (κ1) is 11.4. The van der Waals surface area contributed by atoms with E-state index >= 15 is 0 Å². The molecule has 15 heavy (non-hydrogen) atoms. The van der Waals surface area contributed by atoms with Crippen LogP contribution in [0.1, 0.15) is 38.6 Å². The third kappa shape index (κ3) is 3.88. The monoisotopic (exact) mass is 210 g/mol. The second-order valence-electron chi connectivity index (χ2n) is 3.36. The highest BCUT2D eigenvalue weighted by Crippen LogP contribution is 2.04. The van der Waals surface area contributed by atoms with Crippen molar-refractivity contribution >= 4 is 11.7 Å². The fourth-order valence-corrected chi connectivity index (χ4v) is 1.10. The van der Waals surface area contributed by atoms with Gasteiger partial charge in [-0.3, -0.25) is 9.89 Å². The normalized spacial score (nSPS) is 12.1. The molecule has 82 valence electrons. The van der Waals surface area contributed by atoms with Crippen molar-refractivity contribution in [1.82, 2.24) is 20.5 Å². The lowest BCUT2D eigenvalue weighted by Crippen LogP contribution is -2.27. The highest BCUT2D eigenvalue weighted by atomic mass is 16.2. The van der Waals surface area contributed by atoms with Gasteiger partial charge in [0.2, 0.25) is 5.91 Å². The van der Waals surface area contributed by atoms with Crippen molar-refractivity contribution in [3.8, 4) is 0 Å². The van der Waals surface area contributed by atoms with Crippen molar-refractivity contribution in [2.45, 2.75) is 32.7 Å². The van der Waals surface area contributed by atoms with Gasteiger partial charge in [-0.15, -0.1) is 0 Å². The maximum atomic E-state index is 11.3. The Morgan fingerprint density at radius 2 is 2.27 bits per heavy atom. The number of carbonyl (C=O) groups is 2. The molecule has 6 nitrogen and oxygen atoms in total. The van der Waals surface area contributed by atoms with E-state index in [1.165, 1.54) is 13.3 Å². The SMILES string of the molecule is CC(=O)CCC(=O)NC(C)c1ncn[nH]1. The van der Waals surface area contributed by atoms with Gasteiger partial charge in [0.15, 0.2) is 0 Å². The van der Waals surface area contributed by atoms with Gasteiger partial charge in [0.05, 0.1) is 6.04 Å². The minimum atomic E-state index is -0.216. The molecule has 1 atom stereocenters. The molecular weight excluding hydrogens is 196 g/mol. The minimum Gasteiger partial charge on any atom is -0.346 e. The van der Waals surface area contributed by atoms with Crippen LogP contribution in [-0.2, 0) is 9.59 Å². The lowest BCUT2D eigenvalue weighted by molar-refractivity contribution is -0.125. The third-order valence-electron chi connectivity index (χ3n) is 1.93. The highest BCUT2D eigenvalue weighted by Gasteiger charge is 2.11. The van der Waals surface area contributed by atoms with Crippen molar-refractivity contribution in [2.75, 3.05) is 0 Å². The zero-order chi connectivity index (χ0) is 11.3. The minimum absolute atomic E-state index is 0.0115. The predicted molar refractivity (Wildman–Crippen MR) is 52.9 cm³/mol. The average Bonchev–Trinajstić information content (AvgIpc) is 2.67. The molecule has 6 heteroatoms. The lowest BCUT2D eigenvalue weighted by Gasteiger charge is -2.10. The molecule has 0 saturated heterocycles. The van der Waals surface area contributed by atoms with Crippen LogP contribution in [0.25, 0.3) is 0 Å². The van der Waals surface area contributed by atoms with Crippen molar-refractivity contribution < 1.29 is 9.59 Å². The van der Waals surface area contributed by atoms with Gasteiger partial charge < -0.3 is 10.1 Å². The van der Waals surface area contributed by atoms with E-state index in [9.17, 15) is 9.59 Å². The quantitative estimate of drug-likeness (QED) is 0.734. The summed E-state index contributed by atoms with van der Waals surface area (Å²) >= 11 is 0. The number of nitrogens with one attached hydrogen (secondary N) is 2. The largest absolute Gasteiger partial charge is 0.346 e. The van der Waals surface area contributed by atoms with Crippen LogP contribution in [0.4, 0.5) is 0 Å². The fourth-order valence-electron chi connectivity index (χ4n) is 1.10. The second-order valence-corrected chi connectivity index (χ2v) is 3.36. The Labute approximate surface area is 87.5 Å². The third-order valence-corrected chi connectivity index (χ3v) is 1.93. The van der Waals surface area contributed by atoms with Gasteiger partial charge in [0, 0.05) is 12.8 Å². The molecule has 0 radical (unpaired) electrons. The van der Waals surface area contributed by atoms with E-state index < -0.39 is 0 Å². The number of aromatic nitrogens is 3. The maximum Gasteiger partial charge on any atom is 0.221 e. The number of H-pyrrole nitrogens is 1. The number of hydrogen-bond donors (Lipinski definition) is 2. The van der Waals surface area contributed by atoms with Crippen LogP contribution in [-0.4, -0.2) is 26.9 Å². The molecule has 1 aromatic heterocycles. The Kier molecular flexibility index (Phi) is 3.96. The van der Waals surface area contributed by atoms with E-state index in [1.807, 2.05) is 0 Å². The highest BCUT2D eigenvalue weighted by molar-refractivity contribution is 5.83. The number of nitrogens with zero attached hydrogens (tertiary/aromatic N) is 2. The topological polar surface area (TPSA) is 87.7 Å². The van der Waals surface area contributed by atoms with E-state index in [0.29, 0.717) is 5.82 Å². The van der Waals surface area contributed by atoms with E-state index in [0.717, 1.165) is 0 Å². The Morgan fingerprint density at radius 1 is 1.53 bits per heavy atom. The summed E-state index contributed by atoms with van der Waals surface area (Å²) in [6, 6.07) is -0.216. The van der Waals surface area contributed by atoms with Crippen molar-refractivity contribution in [3.05, 3.63) is 12.2 Å². The predicted octanol–water partition coefficient (Wildman–Crippen LogP) is 0.351. The van der Waals surface area contributed by atoms with E-state index in [4.69, 9.17) is 0 Å². The maximum absolute atomic E-state index is 11.3. The van der Waals surface area contributed by atoms with E-state index in [1.54, 1.807) is 6.92 Å². The molecule has 0 aliphatic heterocycles. The Morgan fingerprint density at radius 3 is 2.80 bits per heavy atom. The zero-order valence-corrected chi connectivity index (χ0v) is 8.78. The van der Waals surface area contributed by atoms with Gasteiger partial charge in [-0.25, -0.2) is 4.98 Å². The molecule has 0 saturated carbocycles. The van der Waals surface area contributed by atoms with Gasteiger partial charge in [-0.05, 0) is 13.8 Å². The molecule has 0 spiro atoms. The van der Waals surface area contributed by atoms with Crippen molar-refractivity contribution in [3.63, 3.8) is 0 Å². The summed E-state index contributed by atoms with van der Waals surface area (Å²) < 4.78 is 0. The summed E-state index contributed by atoms with van der Waals surface area (Å²) in [4.78, 5) is 25.9. The molecule has 1 amide bonds. The lowest BCUT2D eigenvalue weighted by atomic mass is 10.2. The first-order chi connectivity index (χ1) is 7.09. The molecule has 0 aromatic carbocycles. The summed E-state index contributed by atoms with van der Waals surface area (Å²) in [6.07, 6.45) is 1.87. The number of rotatable bonds is 5. The molecule has 0 aliphatic rings.